The van der Waals surface area contributed by atoms with Crippen molar-refractivity contribution < 1.29 is 9.90 Å². The van der Waals surface area contributed by atoms with Gasteiger partial charge in [0.05, 0.1) is 12.6 Å². The van der Waals surface area contributed by atoms with Crippen LogP contribution in [0.1, 0.15) is 31.9 Å². The smallest absolute Gasteiger partial charge is 0.239 e. The zero-order valence-corrected chi connectivity index (χ0v) is 11.3. The molecule has 2 N–H and O–H groups in total. The number of nitrogens with one attached hydrogen (secondary N) is 1. The number of amides is 1. The van der Waals surface area contributed by atoms with Gasteiger partial charge in [0.2, 0.25) is 5.91 Å². The molecule has 0 saturated carbocycles. The largest absolute Gasteiger partial charge is 0.389 e. The van der Waals surface area contributed by atoms with Crippen molar-refractivity contribution in [1.82, 2.24) is 5.32 Å². The number of anilines is 1. The van der Waals surface area contributed by atoms with Crippen LogP contribution in [-0.2, 0) is 4.79 Å². The van der Waals surface area contributed by atoms with Gasteiger partial charge in [0, 0.05) is 24.8 Å². The number of aliphatic hydroxyl groups is 1. The summed E-state index contributed by atoms with van der Waals surface area (Å²) in [5, 5.41) is 12.4. The molecule has 100 valence electrons. The van der Waals surface area contributed by atoms with Crippen molar-refractivity contribution in [2.75, 3.05) is 25.0 Å². The zero-order valence-electron chi connectivity index (χ0n) is 11.3. The summed E-state index contributed by atoms with van der Waals surface area (Å²) in [6.07, 6.45) is 0.413. The molecule has 0 fully saturated rings. The Morgan fingerprint density at radius 3 is 2.67 bits per heavy atom. The average Bonchev–Trinajstić information content (AvgIpc) is 2.38. The molecule has 0 aliphatic heterocycles. The Morgan fingerprint density at radius 1 is 1.44 bits per heavy atom. The van der Waals surface area contributed by atoms with Crippen LogP contribution in [0.25, 0.3) is 0 Å². The van der Waals surface area contributed by atoms with E-state index in [1.807, 2.05) is 29.2 Å². The van der Waals surface area contributed by atoms with E-state index in [1.165, 1.54) is 0 Å². The van der Waals surface area contributed by atoms with Crippen molar-refractivity contribution in [3.63, 3.8) is 0 Å². The number of carbonyl (C=O) groups is 1. The van der Waals surface area contributed by atoms with Gasteiger partial charge in [-0.2, -0.15) is 0 Å². The summed E-state index contributed by atoms with van der Waals surface area (Å²) in [7, 11) is 1.63. The first-order chi connectivity index (χ1) is 8.60. The van der Waals surface area contributed by atoms with Crippen LogP contribution in [0.2, 0.25) is 0 Å². The van der Waals surface area contributed by atoms with Crippen LogP contribution in [0, 0.1) is 0 Å². The minimum absolute atomic E-state index is 0.0242. The predicted octanol–water partition coefficient (Wildman–Crippen LogP) is 1.70. The minimum atomic E-state index is -0.537. The molecule has 0 aromatic heterocycles. The van der Waals surface area contributed by atoms with Crippen LogP contribution >= 0.6 is 0 Å². The number of hydrogen-bond donors (Lipinski definition) is 2. The first kappa shape index (κ1) is 14.5. The first-order valence-corrected chi connectivity index (χ1v) is 6.32. The van der Waals surface area contributed by atoms with Crippen LogP contribution < -0.4 is 10.2 Å². The van der Waals surface area contributed by atoms with E-state index < -0.39 is 6.10 Å². The van der Waals surface area contributed by atoms with E-state index in [2.05, 4.69) is 12.2 Å². The quantitative estimate of drug-likeness (QED) is 0.808. The molecule has 0 aliphatic carbocycles. The predicted molar refractivity (Wildman–Crippen MR) is 73.6 cm³/mol. The van der Waals surface area contributed by atoms with Crippen molar-refractivity contribution >= 4 is 11.6 Å². The minimum Gasteiger partial charge on any atom is -0.389 e. The van der Waals surface area contributed by atoms with Crippen LogP contribution in [0.4, 0.5) is 5.69 Å². The third-order valence-corrected chi connectivity index (χ3v) is 2.83. The maximum atomic E-state index is 11.5. The third kappa shape index (κ3) is 3.74. The molecule has 0 aliphatic rings. The van der Waals surface area contributed by atoms with E-state index in [9.17, 15) is 9.90 Å². The monoisotopic (exact) mass is 250 g/mol. The second-order valence-electron chi connectivity index (χ2n) is 4.33. The fourth-order valence-corrected chi connectivity index (χ4v) is 1.94. The lowest BCUT2D eigenvalue weighted by Gasteiger charge is -2.26. The fraction of sp³-hybridized carbons (Fsp3) is 0.500. The summed E-state index contributed by atoms with van der Waals surface area (Å²) in [6.45, 7) is 4.91. The number of benzene rings is 1. The Bertz CT molecular complexity index is 391. The first-order valence-electron chi connectivity index (χ1n) is 6.32. The highest BCUT2D eigenvalue weighted by molar-refractivity contribution is 5.81. The van der Waals surface area contributed by atoms with E-state index in [4.69, 9.17) is 0 Å². The van der Waals surface area contributed by atoms with Gasteiger partial charge in [0.25, 0.3) is 0 Å². The molecular formula is C14H22N2O2. The van der Waals surface area contributed by atoms with Crippen LogP contribution in [0.3, 0.4) is 0 Å². The number of rotatable bonds is 6. The van der Waals surface area contributed by atoms with Crippen molar-refractivity contribution in [3.05, 3.63) is 29.8 Å². The van der Waals surface area contributed by atoms with Gasteiger partial charge in [-0.3, -0.25) is 4.79 Å². The number of para-hydroxylation sites is 1. The molecule has 1 rings (SSSR count). The number of likely N-dealkylation sites (N-methyl/N-ethyl adjacent to an activating group) is 1. The zero-order chi connectivity index (χ0) is 13.5. The molecule has 0 bridgehead atoms. The van der Waals surface area contributed by atoms with E-state index in [-0.39, 0.29) is 5.91 Å². The van der Waals surface area contributed by atoms with E-state index in [1.54, 1.807) is 14.0 Å². The standard InChI is InChI=1S/C14H22N2O2/c1-4-9-16(10-14(18)15-3)13-8-6-5-7-12(13)11(2)17/h5-8,11,17H,4,9-10H2,1-3H3,(H,15,18)/t11-/m1/s1. The van der Waals surface area contributed by atoms with Gasteiger partial charge in [0.1, 0.15) is 0 Å². The second-order valence-corrected chi connectivity index (χ2v) is 4.33. The molecule has 0 unspecified atom stereocenters. The van der Waals surface area contributed by atoms with Gasteiger partial charge >= 0.3 is 0 Å². The maximum Gasteiger partial charge on any atom is 0.239 e. The topological polar surface area (TPSA) is 52.6 Å². The Morgan fingerprint density at radius 2 is 2.11 bits per heavy atom. The number of carbonyl (C=O) groups excluding carboxylic acids is 1. The SMILES string of the molecule is CCCN(CC(=O)NC)c1ccccc1[C@@H](C)O. The number of nitrogens with zero attached hydrogens (tertiary/aromatic N) is 1. The lowest BCUT2D eigenvalue weighted by molar-refractivity contribution is -0.119. The molecule has 0 saturated heterocycles. The average molecular weight is 250 g/mol. The van der Waals surface area contributed by atoms with Gasteiger partial charge in [-0.25, -0.2) is 0 Å². The van der Waals surface area contributed by atoms with Gasteiger partial charge in [-0.1, -0.05) is 25.1 Å². The van der Waals surface area contributed by atoms with E-state index >= 15 is 0 Å². The Labute approximate surface area is 109 Å². The van der Waals surface area contributed by atoms with E-state index in [0.29, 0.717) is 6.54 Å². The molecule has 1 atom stereocenters. The Hall–Kier alpha value is -1.55. The van der Waals surface area contributed by atoms with Crippen molar-refractivity contribution in [2.45, 2.75) is 26.4 Å². The van der Waals surface area contributed by atoms with Crippen LogP contribution in [-0.4, -0.2) is 31.2 Å². The molecule has 0 spiro atoms. The summed E-state index contributed by atoms with van der Waals surface area (Å²) >= 11 is 0. The summed E-state index contributed by atoms with van der Waals surface area (Å²) in [4.78, 5) is 13.5. The fourth-order valence-electron chi connectivity index (χ4n) is 1.94. The van der Waals surface area contributed by atoms with Crippen LogP contribution in [0.15, 0.2) is 24.3 Å². The Balaban J connectivity index is 3.01. The molecule has 4 heteroatoms. The van der Waals surface area contributed by atoms with Crippen LogP contribution in [0.5, 0.6) is 0 Å². The van der Waals surface area contributed by atoms with Crippen molar-refractivity contribution in [2.24, 2.45) is 0 Å². The molecule has 1 aromatic carbocycles. The molecule has 1 amide bonds. The van der Waals surface area contributed by atoms with Gasteiger partial charge in [0.15, 0.2) is 0 Å². The number of hydrogen-bond acceptors (Lipinski definition) is 3. The summed E-state index contributed by atoms with van der Waals surface area (Å²) < 4.78 is 0. The molecule has 0 heterocycles. The highest BCUT2D eigenvalue weighted by Gasteiger charge is 2.15. The number of aliphatic hydroxyl groups excluding tert-OH is 1. The Kier molecular flexibility index (Phi) is 5.65. The maximum absolute atomic E-state index is 11.5. The molecule has 1 aromatic rings. The van der Waals surface area contributed by atoms with Gasteiger partial charge in [-0.05, 0) is 19.4 Å². The van der Waals surface area contributed by atoms with Crippen molar-refractivity contribution in [1.29, 1.82) is 0 Å². The molecule has 18 heavy (non-hydrogen) atoms. The molecule has 4 nitrogen and oxygen atoms in total. The van der Waals surface area contributed by atoms with E-state index in [0.717, 1.165) is 24.2 Å². The van der Waals surface area contributed by atoms with Gasteiger partial charge in [-0.15, -0.1) is 0 Å². The van der Waals surface area contributed by atoms with Gasteiger partial charge < -0.3 is 15.3 Å². The van der Waals surface area contributed by atoms with Crippen molar-refractivity contribution in [3.8, 4) is 0 Å². The lowest BCUT2D eigenvalue weighted by Crippen LogP contribution is -2.36. The lowest BCUT2D eigenvalue weighted by atomic mass is 10.1. The molecular weight excluding hydrogens is 228 g/mol. The normalized spacial score (nSPS) is 12.0. The third-order valence-electron chi connectivity index (χ3n) is 2.83. The summed E-state index contributed by atoms with van der Waals surface area (Å²) in [5.74, 6) is -0.0242. The summed E-state index contributed by atoms with van der Waals surface area (Å²) in [6, 6.07) is 7.66. The summed E-state index contributed by atoms with van der Waals surface area (Å²) in [5.41, 5.74) is 1.79. The highest BCUT2D eigenvalue weighted by Crippen LogP contribution is 2.26. The highest BCUT2D eigenvalue weighted by atomic mass is 16.3. The molecule has 0 radical (unpaired) electrons. The second kappa shape index (κ2) is 7.01.